The third-order valence-electron chi connectivity index (χ3n) is 4.32. The molecule has 3 nitrogen and oxygen atoms in total. The topological polar surface area (TPSA) is 57.2 Å². The fraction of sp³-hybridized carbons (Fsp3) is 0.474. The SMILES string of the molecule is CC(C)c1cc(C(C)C)c2cccc(C(C)C)c2c1S(=O)(=O)[O-].[Na+]. The number of fused-ring (bicyclic) bond motifs is 1. The largest absolute Gasteiger partial charge is 1.00 e. The Balaban J connectivity index is 0.00000288. The summed E-state index contributed by atoms with van der Waals surface area (Å²) in [6.45, 7) is 12.1. The molecule has 0 aromatic heterocycles. The first-order valence-electron chi connectivity index (χ1n) is 8.11. The minimum Gasteiger partial charge on any atom is -0.744 e. The Bertz CT molecular complexity index is 837. The Morgan fingerprint density at radius 1 is 0.833 bits per heavy atom. The summed E-state index contributed by atoms with van der Waals surface area (Å²) in [6.07, 6.45) is 0. The molecule has 5 heteroatoms. The first kappa shape index (κ1) is 21.7. The molecular weight excluding hydrogens is 331 g/mol. The van der Waals surface area contributed by atoms with Gasteiger partial charge in [0.05, 0.1) is 4.90 Å². The quantitative estimate of drug-likeness (QED) is 0.623. The van der Waals surface area contributed by atoms with Gasteiger partial charge in [-0.15, -0.1) is 0 Å². The third kappa shape index (κ3) is 4.05. The van der Waals surface area contributed by atoms with Gasteiger partial charge in [0, 0.05) is 5.39 Å². The normalized spacial score (nSPS) is 12.2. The van der Waals surface area contributed by atoms with E-state index in [1.807, 2.05) is 52.0 Å². The first-order valence-corrected chi connectivity index (χ1v) is 9.51. The fourth-order valence-electron chi connectivity index (χ4n) is 3.18. The molecule has 2 aromatic rings. The maximum atomic E-state index is 12.1. The van der Waals surface area contributed by atoms with Crippen molar-refractivity contribution in [3.05, 3.63) is 41.0 Å². The molecule has 0 N–H and O–H groups in total. The second-order valence-corrected chi connectivity index (χ2v) is 8.39. The van der Waals surface area contributed by atoms with Gasteiger partial charge < -0.3 is 4.55 Å². The van der Waals surface area contributed by atoms with E-state index in [4.69, 9.17) is 0 Å². The molecule has 0 unspecified atom stereocenters. The van der Waals surface area contributed by atoms with Crippen LogP contribution in [0.25, 0.3) is 10.8 Å². The molecule has 0 heterocycles. The van der Waals surface area contributed by atoms with Crippen LogP contribution in [0, 0.1) is 0 Å². The maximum absolute atomic E-state index is 12.1. The monoisotopic (exact) mass is 356 g/mol. The van der Waals surface area contributed by atoms with Crippen LogP contribution in [0.2, 0.25) is 0 Å². The van der Waals surface area contributed by atoms with E-state index >= 15 is 0 Å². The smallest absolute Gasteiger partial charge is 0.744 e. The van der Waals surface area contributed by atoms with Gasteiger partial charge >= 0.3 is 29.6 Å². The average Bonchev–Trinajstić information content (AvgIpc) is 2.42. The zero-order chi connectivity index (χ0) is 17.5. The van der Waals surface area contributed by atoms with Gasteiger partial charge in [0.2, 0.25) is 0 Å². The van der Waals surface area contributed by atoms with Crippen LogP contribution in [0.1, 0.15) is 76.0 Å². The second kappa shape index (κ2) is 7.88. The Labute approximate surface area is 167 Å². The summed E-state index contributed by atoms with van der Waals surface area (Å²) in [5.74, 6) is 0.360. The van der Waals surface area contributed by atoms with Crippen LogP contribution in [-0.2, 0) is 10.1 Å². The predicted octanol–water partition coefficient (Wildman–Crippen LogP) is 2.12. The van der Waals surface area contributed by atoms with E-state index in [2.05, 4.69) is 13.8 Å². The molecular formula is C19H25NaO3S. The first-order chi connectivity index (χ1) is 10.6. The maximum Gasteiger partial charge on any atom is 1.00 e. The van der Waals surface area contributed by atoms with E-state index < -0.39 is 10.1 Å². The van der Waals surface area contributed by atoms with Crippen molar-refractivity contribution in [1.29, 1.82) is 0 Å². The van der Waals surface area contributed by atoms with Crippen LogP contribution in [-0.4, -0.2) is 13.0 Å². The van der Waals surface area contributed by atoms with Gasteiger partial charge in [0.15, 0.2) is 0 Å². The molecule has 24 heavy (non-hydrogen) atoms. The number of hydrogen-bond donors (Lipinski definition) is 0. The Hall–Kier alpha value is -0.390. The van der Waals surface area contributed by atoms with E-state index in [1.54, 1.807) is 0 Å². The molecule has 0 bridgehead atoms. The van der Waals surface area contributed by atoms with Gasteiger partial charge in [-0.2, -0.15) is 0 Å². The van der Waals surface area contributed by atoms with Crippen molar-refractivity contribution < 1.29 is 42.5 Å². The van der Waals surface area contributed by atoms with Crippen LogP contribution in [0.15, 0.2) is 29.2 Å². The van der Waals surface area contributed by atoms with Gasteiger partial charge in [-0.25, -0.2) is 8.42 Å². The van der Waals surface area contributed by atoms with Crippen molar-refractivity contribution in [2.45, 2.75) is 64.2 Å². The number of benzene rings is 2. The van der Waals surface area contributed by atoms with Crippen molar-refractivity contribution in [2.24, 2.45) is 0 Å². The van der Waals surface area contributed by atoms with Gasteiger partial charge in [-0.3, -0.25) is 0 Å². The molecule has 0 radical (unpaired) electrons. The molecule has 0 aliphatic heterocycles. The summed E-state index contributed by atoms with van der Waals surface area (Å²) in [5, 5.41) is 1.50. The van der Waals surface area contributed by atoms with Crippen LogP contribution in [0.4, 0.5) is 0 Å². The third-order valence-corrected chi connectivity index (χ3v) is 5.26. The van der Waals surface area contributed by atoms with Crippen molar-refractivity contribution in [3.63, 3.8) is 0 Å². The van der Waals surface area contributed by atoms with E-state index in [-0.39, 0.29) is 52.2 Å². The zero-order valence-corrected chi connectivity index (χ0v) is 18.5. The molecule has 2 rings (SSSR count). The van der Waals surface area contributed by atoms with Crippen LogP contribution < -0.4 is 29.6 Å². The predicted molar refractivity (Wildman–Crippen MR) is 94.2 cm³/mol. The zero-order valence-electron chi connectivity index (χ0n) is 15.7. The minimum absolute atomic E-state index is 0. The summed E-state index contributed by atoms with van der Waals surface area (Å²) in [7, 11) is -4.55. The molecule has 0 aliphatic rings. The molecule has 126 valence electrons. The van der Waals surface area contributed by atoms with Crippen LogP contribution >= 0.6 is 0 Å². The average molecular weight is 356 g/mol. The molecule has 0 aliphatic carbocycles. The van der Waals surface area contributed by atoms with Gasteiger partial charge in [-0.05, 0) is 39.8 Å². The Morgan fingerprint density at radius 3 is 1.75 bits per heavy atom. The summed E-state index contributed by atoms with van der Waals surface area (Å²) in [6, 6.07) is 7.71. The standard InChI is InChI=1S/C19H26O3S.Na/c1-11(2)14-8-7-9-15-16(12(3)4)10-17(13(5)6)19(18(14)15)23(20,21)22;/h7-13H,1-6H3,(H,20,21,22);/q;+1/p-1. The summed E-state index contributed by atoms with van der Waals surface area (Å²) < 4.78 is 36.2. The van der Waals surface area contributed by atoms with E-state index in [0.717, 1.165) is 16.5 Å². The van der Waals surface area contributed by atoms with Gasteiger partial charge in [0.1, 0.15) is 10.1 Å². The van der Waals surface area contributed by atoms with Crippen molar-refractivity contribution in [1.82, 2.24) is 0 Å². The molecule has 0 saturated heterocycles. The minimum atomic E-state index is -4.55. The Morgan fingerprint density at radius 2 is 1.33 bits per heavy atom. The van der Waals surface area contributed by atoms with E-state index in [9.17, 15) is 13.0 Å². The molecule has 0 amide bonds. The summed E-state index contributed by atoms with van der Waals surface area (Å²) >= 11 is 0. The molecule has 0 saturated carbocycles. The number of hydrogen-bond acceptors (Lipinski definition) is 3. The Kier molecular flexibility index (Phi) is 7.11. The van der Waals surface area contributed by atoms with Crippen molar-refractivity contribution in [2.75, 3.05) is 0 Å². The molecule has 0 atom stereocenters. The summed E-state index contributed by atoms with van der Waals surface area (Å²) in [4.78, 5) is -0.0313. The fourth-order valence-corrected chi connectivity index (χ4v) is 4.24. The van der Waals surface area contributed by atoms with Gasteiger partial charge in [0.25, 0.3) is 0 Å². The molecule has 2 aromatic carbocycles. The van der Waals surface area contributed by atoms with E-state index in [0.29, 0.717) is 10.9 Å². The molecule has 0 spiro atoms. The van der Waals surface area contributed by atoms with Crippen LogP contribution in [0.5, 0.6) is 0 Å². The van der Waals surface area contributed by atoms with Crippen LogP contribution in [0.3, 0.4) is 0 Å². The summed E-state index contributed by atoms with van der Waals surface area (Å²) in [5.41, 5.74) is 2.64. The van der Waals surface area contributed by atoms with Gasteiger partial charge in [-0.1, -0.05) is 65.8 Å². The van der Waals surface area contributed by atoms with E-state index in [1.165, 1.54) is 0 Å². The van der Waals surface area contributed by atoms with Crippen molar-refractivity contribution in [3.8, 4) is 0 Å². The van der Waals surface area contributed by atoms with Crippen molar-refractivity contribution >= 4 is 20.9 Å². The molecule has 0 fully saturated rings. The number of rotatable bonds is 4. The second-order valence-electron chi connectivity index (χ2n) is 7.07.